The van der Waals surface area contributed by atoms with Crippen LogP contribution in [0.15, 0.2) is 48.5 Å². The number of ether oxygens (including phenoxy) is 1. The Balaban J connectivity index is 1.66. The van der Waals surface area contributed by atoms with Gasteiger partial charge in [-0.3, -0.25) is 9.69 Å². The second-order valence-electron chi connectivity index (χ2n) is 7.35. The highest BCUT2D eigenvalue weighted by molar-refractivity contribution is 5.78. The first kappa shape index (κ1) is 20.3. The second-order valence-corrected chi connectivity index (χ2v) is 7.35. The van der Waals surface area contributed by atoms with Crippen molar-refractivity contribution in [3.8, 4) is 5.75 Å². The van der Waals surface area contributed by atoms with E-state index >= 15 is 0 Å². The van der Waals surface area contributed by atoms with Gasteiger partial charge in [0.1, 0.15) is 11.6 Å². The molecule has 1 atom stereocenters. The van der Waals surface area contributed by atoms with Gasteiger partial charge >= 0.3 is 0 Å². The molecule has 0 aromatic heterocycles. The van der Waals surface area contributed by atoms with Crippen LogP contribution in [0.5, 0.6) is 5.75 Å². The number of rotatable bonds is 7. The zero-order valence-corrected chi connectivity index (χ0v) is 16.5. The first-order valence-corrected chi connectivity index (χ1v) is 10.0. The third kappa shape index (κ3) is 5.80. The van der Waals surface area contributed by atoms with E-state index in [1.165, 1.54) is 43.4 Å². The molecule has 5 heteroatoms. The maximum Gasteiger partial charge on any atom is 0.224 e. The molecule has 1 unspecified atom stereocenters. The maximum atomic E-state index is 13.0. The van der Waals surface area contributed by atoms with Crippen molar-refractivity contribution in [2.45, 2.75) is 38.1 Å². The van der Waals surface area contributed by atoms with E-state index in [2.05, 4.69) is 22.3 Å². The third-order valence-electron chi connectivity index (χ3n) is 5.35. The molecule has 1 saturated heterocycles. The minimum atomic E-state index is -0.287. The molecule has 0 saturated carbocycles. The number of halogens is 1. The van der Waals surface area contributed by atoms with Crippen LogP contribution >= 0.6 is 0 Å². The van der Waals surface area contributed by atoms with Crippen LogP contribution in [0.4, 0.5) is 4.39 Å². The lowest BCUT2D eigenvalue weighted by molar-refractivity contribution is -0.120. The molecule has 0 aliphatic carbocycles. The predicted molar refractivity (Wildman–Crippen MR) is 109 cm³/mol. The molecule has 0 bridgehead atoms. The molecule has 28 heavy (non-hydrogen) atoms. The summed E-state index contributed by atoms with van der Waals surface area (Å²) in [6.45, 7) is 2.65. The first-order valence-electron chi connectivity index (χ1n) is 10.0. The minimum absolute atomic E-state index is 0.0417. The van der Waals surface area contributed by atoms with Gasteiger partial charge in [0.05, 0.1) is 19.6 Å². The highest BCUT2D eigenvalue weighted by atomic mass is 19.1. The Morgan fingerprint density at radius 2 is 1.68 bits per heavy atom. The minimum Gasteiger partial charge on any atom is -0.497 e. The van der Waals surface area contributed by atoms with Crippen LogP contribution in [-0.4, -0.2) is 37.6 Å². The zero-order chi connectivity index (χ0) is 19.8. The molecule has 0 radical (unpaired) electrons. The molecule has 1 aliphatic rings. The molecule has 1 aliphatic heterocycles. The highest BCUT2D eigenvalue weighted by Crippen LogP contribution is 2.25. The Hall–Kier alpha value is -2.40. The van der Waals surface area contributed by atoms with Crippen molar-refractivity contribution in [1.29, 1.82) is 0 Å². The number of carbonyl (C=O) groups is 1. The highest BCUT2D eigenvalue weighted by Gasteiger charge is 2.22. The number of methoxy groups -OCH3 is 1. The molecule has 2 aromatic carbocycles. The SMILES string of the molecule is COc1ccc(C(CNC(=O)Cc2ccc(F)cc2)N2CCCCCC2)cc1. The van der Waals surface area contributed by atoms with Gasteiger partial charge in [-0.15, -0.1) is 0 Å². The summed E-state index contributed by atoms with van der Waals surface area (Å²) >= 11 is 0. The van der Waals surface area contributed by atoms with Crippen LogP contribution < -0.4 is 10.1 Å². The summed E-state index contributed by atoms with van der Waals surface area (Å²) in [5.74, 6) is 0.503. The lowest BCUT2D eigenvalue weighted by atomic mass is 10.0. The van der Waals surface area contributed by atoms with Gasteiger partial charge in [0.25, 0.3) is 0 Å². The predicted octanol–water partition coefficient (Wildman–Crippen LogP) is 4.11. The first-order chi connectivity index (χ1) is 13.7. The van der Waals surface area contributed by atoms with Gasteiger partial charge in [0.15, 0.2) is 0 Å². The van der Waals surface area contributed by atoms with E-state index in [9.17, 15) is 9.18 Å². The number of likely N-dealkylation sites (tertiary alicyclic amines) is 1. The van der Waals surface area contributed by atoms with Crippen LogP contribution in [0.2, 0.25) is 0 Å². The lowest BCUT2D eigenvalue weighted by Gasteiger charge is -2.31. The lowest BCUT2D eigenvalue weighted by Crippen LogP contribution is -2.39. The van der Waals surface area contributed by atoms with Gasteiger partial charge < -0.3 is 10.1 Å². The largest absolute Gasteiger partial charge is 0.497 e. The molecule has 150 valence electrons. The van der Waals surface area contributed by atoms with E-state index in [1.807, 2.05) is 12.1 Å². The molecule has 4 nitrogen and oxygen atoms in total. The van der Waals surface area contributed by atoms with Gasteiger partial charge in [0, 0.05) is 6.54 Å². The van der Waals surface area contributed by atoms with Gasteiger partial charge in [-0.1, -0.05) is 37.1 Å². The Morgan fingerprint density at radius 3 is 2.29 bits per heavy atom. The number of nitrogens with one attached hydrogen (secondary N) is 1. The number of benzene rings is 2. The average molecular weight is 384 g/mol. The summed E-state index contributed by atoms with van der Waals surface area (Å²) in [5.41, 5.74) is 2.00. The van der Waals surface area contributed by atoms with E-state index < -0.39 is 0 Å². The maximum absolute atomic E-state index is 13.0. The number of hydrogen-bond donors (Lipinski definition) is 1. The second kappa shape index (κ2) is 10.2. The van der Waals surface area contributed by atoms with Crippen LogP contribution in [0, 0.1) is 5.82 Å². The molecule has 1 heterocycles. The van der Waals surface area contributed by atoms with Crippen molar-refractivity contribution < 1.29 is 13.9 Å². The Kier molecular flexibility index (Phi) is 7.43. The summed E-state index contributed by atoms with van der Waals surface area (Å²) < 4.78 is 18.3. The monoisotopic (exact) mass is 384 g/mol. The standard InChI is InChI=1S/C23H29FN2O2/c1-28-21-12-8-19(9-13-21)22(26-14-4-2-3-5-15-26)17-25-23(27)16-18-6-10-20(24)11-7-18/h6-13,22H,2-5,14-17H2,1H3,(H,25,27). The quantitative estimate of drug-likeness (QED) is 0.781. The van der Waals surface area contributed by atoms with Crippen molar-refractivity contribution in [3.05, 3.63) is 65.5 Å². The van der Waals surface area contributed by atoms with Gasteiger partial charge in [-0.05, 0) is 61.3 Å². The fraction of sp³-hybridized carbons (Fsp3) is 0.435. The van der Waals surface area contributed by atoms with E-state index in [1.54, 1.807) is 19.2 Å². The summed E-state index contributed by atoms with van der Waals surface area (Å²) in [4.78, 5) is 14.9. The number of nitrogens with zero attached hydrogens (tertiary/aromatic N) is 1. The van der Waals surface area contributed by atoms with Crippen molar-refractivity contribution in [1.82, 2.24) is 10.2 Å². The van der Waals surface area contributed by atoms with Gasteiger partial charge in [0.2, 0.25) is 5.91 Å². The summed E-state index contributed by atoms with van der Waals surface area (Å²) in [7, 11) is 1.66. The van der Waals surface area contributed by atoms with E-state index in [4.69, 9.17) is 4.74 Å². The van der Waals surface area contributed by atoms with Crippen molar-refractivity contribution in [2.75, 3.05) is 26.7 Å². The summed E-state index contributed by atoms with van der Waals surface area (Å²) in [6, 6.07) is 14.3. The Morgan fingerprint density at radius 1 is 1.04 bits per heavy atom. The summed E-state index contributed by atoms with van der Waals surface area (Å²) in [5, 5.41) is 3.09. The summed E-state index contributed by atoms with van der Waals surface area (Å²) in [6.07, 6.45) is 5.17. The molecule has 3 rings (SSSR count). The zero-order valence-electron chi connectivity index (χ0n) is 16.5. The topological polar surface area (TPSA) is 41.6 Å². The smallest absolute Gasteiger partial charge is 0.224 e. The molecular weight excluding hydrogens is 355 g/mol. The van der Waals surface area contributed by atoms with Gasteiger partial charge in [-0.2, -0.15) is 0 Å². The molecule has 0 spiro atoms. The van der Waals surface area contributed by atoms with Crippen LogP contribution in [0.3, 0.4) is 0 Å². The fourth-order valence-electron chi connectivity index (χ4n) is 3.75. The normalized spacial score (nSPS) is 16.2. The molecule has 1 fully saturated rings. The van der Waals surface area contributed by atoms with Gasteiger partial charge in [-0.25, -0.2) is 4.39 Å². The van der Waals surface area contributed by atoms with Crippen molar-refractivity contribution in [2.24, 2.45) is 0 Å². The van der Waals surface area contributed by atoms with E-state index in [0.29, 0.717) is 6.54 Å². The van der Waals surface area contributed by atoms with E-state index in [0.717, 1.165) is 24.4 Å². The van der Waals surface area contributed by atoms with Crippen LogP contribution in [0.1, 0.15) is 42.9 Å². The van der Waals surface area contributed by atoms with Crippen LogP contribution in [0.25, 0.3) is 0 Å². The molecular formula is C23H29FN2O2. The average Bonchev–Trinajstić information content (AvgIpc) is 3.00. The Labute approximate surface area is 166 Å². The Bertz CT molecular complexity index is 738. The fourth-order valence-corrected chi connectivity index (χ4v) is 3.75. The van der Waals surface area contributed by atoms with Crippen LogP contribution in [-0.2, 0) is 11.2 Å². The number of amides is 1. The number of hydrogen-bond acceptors (Lipinski definition) is 3. The molecule has 1 amide bonds. The number of carbonyl (C=O) groups excluding carboxylic acids is 1. The third-order valence-corrected chi connectivity index (χ3v) is 5.35. The van der Waals surface area contributed by atoms with E-state index in [-0.39, 0.29) is 24.2 Å². The van der Waals surface area contributed by atoms with Crippen molar-refractivity contribution in [3.63, 3.8) is 0 Å². The molecule has 1 N–H and O–H groups in total. The van der Waals surface area contributed by atoms with Crippen molar-refractivity contribution >= 4 is 5.91 Å². The molecule has 2 aromatic rings.